The van der Waals surface area contributed by atoms with Gasteiger partial charge in [-0.3, -0.25) is 9.36 Å². The fraction of sp³-hybridized carbons (Fsp3) is 0.379. The molecule has 1 aliphatic heterocycles. The van der Waals surface area contributed by atoms with E-state index in [1.807, 2.05) is 23.1 Å². The van der Waals surface area contributed by atoms with Crippen molar-refractivity contribution in [1.29, 1.82) is 0 Å². The molecule has 1 amide bonds. The number of benzene rings is 2. The highest BCUT2D eigenvalue weighted by Crippen LogP contribution is 2.29. The van der Waals surface area contributed by atoms with E-state index in [1.165, 1.54) is 10.1 Å². The van der Waals surface area contributed by atoms with Crippen LogP contribution < -0.4 is 10.2 Å². The van der Waals surface area contributed by atoms with Crippen LogP contribution in [0.4, 0.5) is 20.5 Å². The molecule has 0 unspecified atom stereocenters. The van der Waals surface area contributed by atoms with E-state index >= 15 is 0 Å². The molecule has 3 heterocycles. The number of fused-ring (bicyclic) bond motifs is 1. The van der Waals surface area contributed by atoms with Crippen LogP contribution in [0, 0.1) is 0 Å². The molecule has 0 saturated carbocycles. The molecular weight excluding hydrogens is 516 g/mol. The molecule has 2 aromatic heterocycles. The fourth-order valence-corrected chi connectivity index (χ4v) is 4.85. The second kappa shape index (κ2) is 12.4. The number of imidazole rings is 1. The molecule has 4 aromatic rings. The van der Waals surface area contributed by atoms with Crippen LogP contribution in [0.15, 0.2) is 60.7 Å². The second-order valence-corrected chi connectivity index (χ2v) is 9.82. The number of halogens is 2. The maximum absolute atomic E-state index is 14.1. The van der Waals surface area contributed by atoms with Crippen LogP contribution in [0.5, 0.6) is 0 Å². The molecule has 9 nitrogen and oxygen atoms in total. The fourth-order valence-electron chi connectivity index (χ4n) is 4.85. The van der Waals surface area contributed by atoms with Crippen LogP contribution in [0.3, 0.4) is 0 Å². The Morgan fingerprint density at radius 1 is 1.02 bits per heavy atom. The van der Waals surface area contributed by atoms with Gasteiger partial charge in [0.2, 0.25) is 11.9 Å². The zero-order valence-corrected chi connectivity index (χ0v) is 22.6. The van der Waals surface area contributed by atoms with Crippen LogP contribution in [-0.2, 0) is 16.0 Å². The maximum atomic E-state index is 14.1. The predicted octanol–water partition coefficient (Wildman–Crippen LogP) is 4.48. The van der Waals surface area contributed by atoms with E-state index in [0.717, 1.165) is 12.8 Å². The molecular formula is C29H33F2N7O2. The van der Waals surface area contributed by atoms with Crippen molar-refractivity contribution >= 4 is 28.7 Å². The summed E-state index contributed by atoms with van der Waals surface area (Å²) in [5, 5.41) is 3.12. The Hall–Kier alpha value is -4.12. The van der Waals surface area contributed by atoms with Gasteiger partial charge >= 0.3 is 0 Å². The number of nitrogens with zero attached hydrogens (tertiary/aromatic N) is 6. The van der Waals surface area contributed by atoms with E-state index in [-0.39, 0.29) is 17.7 Å². The monoisotopic (exact) mass is 549 g/mol. The molecule has 0 bridgehead atoms. The number of hydrogen-bond acceptors (Lipinski definition) is 7. The topological polar surface area (TPSA) is 88.4 Å². The second-order valence-electron chi connectivity index (χ2n) is 9.82. The summed E-state index contributed by atoms with van der Waals surface area (Å²) in [5.41, 5.74) is 2.18. The van der Waals surface area contributed by atoms with Gasteiger partial charge in [0.1, 0.15) is 17.7 Å². The molecule has 0 radical (unpaired) electrons. The van der Waals surface area contributed by atoms with Crippen LogP contribution in [-0.4, -0.2) is 76.3 Å². The Bertz CT molecular complexity index is 1440. The summed E-state index contributed by atoms with van der Waals surface area (Å²) in [7, 11) is 1.77. The summed E-state index contributed by atoms with van der Waals surface area (Å²) in [4.78, 5) is 30.3. The molecule has 2 aromatic carbocycles. The number of nitrogens with one attached hydrogen (secondary N) is 1. The van der Waals surface area contributed by atoms with Gasteiger partial charge in [0.15, 0.2) is 5.82 Å². The van der Waals surface area contributed by atoms with Gasteiger partial charge in [-0.15, -0.1) is 0 Å². The molecule has 1 aliphatic rings. The molecule has 1 atom stereocenters. The summed E-state index contributed by atoms with van der Waals surface area (Å²) >= 11 is 0. The van der Waals surface area contributed by atoms with E-state index in [2.05, 4.69) is 32.4 Å². The number of aromatic nitrogens is 4. The number of morpholine rings is 1. The van der Waals surface area contributed by atoms with Gasteiger partial charge in [-0.25, -0.2) is 13.8 Å². The van der Waals surface area contributed by atoms with Gasteiger partial charge in [-0.2, -0.15) is 9.97 Å². The summed E-state index contributed by atoms with van der Waals surface area (Å²) in [6.45, 7) is 4.60. The van der Waals surface area contributed by atoms with E-state index in [0.29, 0.717) is 49.7 Å². The van der Waals surface area contributed by atoms with Crippen molar-refractivity contribution in [3.63, 3.8) is 0 Å². The van der Waals surface area contributed by atoms with Gasteiger partial charge in [0, 0.05) is 32.7 Å². The average Bonchev–Trinajstić information content (AvgIpc) is 3.38. The van der Waals surface area contributed by atoms with Crippen LogP contribution in [0.1, 0.15) is 31.2 Å². The number of aryl methyl sites for hydroxylation is 1. The lowest BCUT2D eigenvalue weighted by atomic mass is 10.1. The number of carbonyl (C=O) groups excluding carboxylic acids is 1. The normalized spacial score (nSPS) is 14.5. The van der Waals surface area contributed by atoms with Crippen molar-refractivity contribution in [2.45, 2.75) is 32.2 Å². The third kappa shape index (κ3) is 6.20. The molecule has 40 heavy (non-hydrogen) atoms. The highest BCUT2D eigenvalue weighted by molar-refractivity contribution is 5.83. The van der Waals surface area contributed by atoms with Gasteiger partial charge in [0.25, 0.3) is 6.43 Å². The van der Waals surface area contributed by atoms with Crippen LogP contribution >= 0.6 is 0 Å². The zero-order valence-electron chi connectivity index (χ0n) is 22.6. The van der Waals surface area contributed by atoms with Gasteiger partial charge in [0.05, 0.1) is 24.2 Å². The molecule has 11 heteroatoms. The zero-order chi connectivity index (χ0) is 28.1. The van der Waals surface area contributed by atoms with Crippen molar-refractivity contribution in [3.05, 3.63) is 72.1 Å². The third-order valence-electron chi connectivity index (χ3n) is 6.94. The van der Waals surface area contributed by atoms with Crippen molar-refractivity contribution in [2.75, 3.05) is 50.1 Å². The lowest BCUT2D eigenvalue weighted by Gasteiger charge is -2.29. The summed E-state index contributed by atoms with van der Waals surface area (Å²) in [6.07, 6.45) is -1.11. The van der Waals surface area contributed by atoms with Crippen molar-refractivity contribution in [1.82, 2.24) is 24.4 Å². The van der Waals surface area contributed by atoms with E-state index in [9.17, 15) is 13.6 Å². The molecule has 1 fully saturated rings. The molecule has 1 N–H and O–H groups in total. The minimum Gasteiger partial charge on any atom is -0.378 e. The van der Waals surface area contributed by atoms with Gasteiger partial charge < -0.3 is 19.9 Å². The molecule has 0 aliphatic carbocycles. The van der Waals surface area contributed by atoms with Crippen LogP contribution in [0.25, 0.3) is 16.9 Å². The quantitative estimate of drug-likeness (QED) is 0.312. The lowest BCUT2D eigenvalue weighted by Crippen LogP contribution is -2.40. The van der Waals surface area contributed by atoms with Crippen molar-refractivity contribution in [3.8, 4) is 5.82 Å². The van der Waals surface area contributed by atoms with E-state index in [4.69, 9.17) is 4.74 Å². The lowest BCUT2D eigenvalue weighted by molar-refractivity contribution is -0.130. The van der Waals surface area contributed by atoms with Crippen molar-refractivity contribution in [2.24, 2.45) is 0 Å². The predicted molar refractivity (Wildman–Crippen MR) is 150 cm³/mol. The number of likely N-dealkylation sites (N-methyl/N-ethyl adjacent to an activating group) is 1. The Morgan fingerprint density at radius 2 is 1.73 bits per heavy atom. The minimum atomic E-state index is -2.81. The Labute approximate surface area is 231 Å². The minimum absolute atomic E-state index is 0.115. The first-order valence-electron chi connectivity index (χ1n) is 13.4. The number of anilines is 2. The van der Waals surface area contributed by atoms with E-state index in [1.54, 1.807) is 49.2 Å². The Morgan fingerprint density at radius 3 is 2.48 bits per heavy atom. The van der Waals surface area contributed by atoms with Gasteiger partial charge in [-0.05, 0) is 37.5 Å². The molecule has 5 rings (SSSR count). The number of rotatable bonds is 10. The first-order chi connectivity index (χ1) is 19.4. The number of para-hydroxylation sites is 2. The maximum Gasteiger partial charge on any atom is 0.296 e. The standard InChI is InChI=1S/C29H33F2N7O2/c1-20(28(39)36(2)14-8-11-21-9-4-3-5-10-21)32-29-34-24(37-15-17-40-18-16-37)19-25(35-29)38-23-13-7-6-12-22(23)33-27(38)26(30)31/h3-7,9-10,12-13,19-20,26H,8,11,14-18H2,1-2H3,(H,32,34,35)/t20-/m0/s1. The van der Waals surface area contributed by atoms with Crippen LogP contribution in [0.2, 0.25) is 0 Å². The summed E-state index contributed by atoms with van der Waals surface area (Å²) < 4.78 is 35.0. The average molecular weight is 550 g/mol. The smallest absolute Gasteiger partial charge is 0.296 e. The molecule has 0 spiro atoms. The van der Waals surface area contributed by atoms with Gasteiger partial charge in [-0.1, -0.05) is 42.5 Å². The number of alkyl halides is 2. The molecule has 210 valence electrons. The number of hydrogen-bond donors (Lipinski definition) is 1. The Kier molecular flexibility index (Phi) is 8.49. The van der Waals surface area contributed by atoms with E-state index < -0.39 is 18.3 Å². The largest absolute Gasteiger partial charge is 0.378 e. The summed E-state index contributed by atoms with van der Waals surface area (Å²) in [5.74, 6) is 0.469. The van der Waals surface area contributed by atoms with Crippen molar-refractivity contribution < 1.29 is 18.3 Å². The SMILES string of the molecule is C[C@H](Nc1nc(N2CCOCC2)cc(-n2c(C(F)F)nc3ccccc32)n1)C(=O)N(C)CCCc1ccccc1. The summed E-state index contributed by atoms with van der Waals surface area (Å²) in [6, 6.07) is 18.1. The number of ether oxygens (including phenoxy) is 1. The Balaban J connectivity index is 1.40. The first kappa shape index (κ1) is 27.4. The number of amides is 1. The number of carbonyl (C=O) groups is 1. The molecule has 1 saturated heterocycles. The highest BCUT2D eigenvalue weighted by Gasteiger charge is 2.24. The third-order valence-corrected chi connectivity index (χ3v) is 6.94. The highest BCUT2D eigenvalue weighted by atomic mass is 19.3. The first-order valence-corrected chi connectivity index (χ1v) is 13.4.